The van der Waals surface area contributed by atoms with E-state index in [0.29, 0.717) is 30.8 Å². The highest BCUT2D eigenvalue weighted by Gasteiger charge is 2.16. The Labute approximate surface area is 154 Å². The van der Waals surface area contributed by atoms with Gasteiger partial charge in [0.05, 0.1) is 5.56 Å². The Morgan fingerprint density at radius 1 is 1.08 bits per heavy atom. The number of nitrogens with one attached hydrogen (secondary N) is 2. The molecule has 0 unspecified atom stereocenters. The second-order valence-corrected chi connectivity index (χ2v) is 6.85. The Balaban J connectivity index is 1.87. The molecule has 0 saturated heterocycles. The molecule has 1 amide bonds. The molecule has 1 aromatic heterocycles. The highest BCUT2D eigenvalue weighted by atomic mass is 16.6. The molecule has 2 N–H and O–H groups in total. The van der Waals surface area contributed by atoms with Crippen molar-refractivity contribution in [3.05, 3.63) is 54.2 Å². The summed E-state index contributed by atoms with van der Waals surface area (Å²) in [7, 11) is 0. The number of para-hydroxylation sites is 1. The van der Waals surface area contributed by atoms with E-state index in [1.807, 2.05) is 30.3 Å². The maximum absolute atomic E-state index is 12.5. The molecular weight excluding hydrogens is 330 g/mol. The fraction of sp³-hybridized carbons (Fsp3) is 0.350. The molecule has 26 heavy (non-hydrogen) atoms. The molecule has 0 fully saturated rings. The molecule has 0 aliphatic carbocycles. The molecule has 0 bridgehead atoms. The zero-order valence-corrected chi connectivity index (χ0v) is 15.4. The minimum Gasteiger partial charge on any atom is -0.444 e. The van der Waals surface area contributed by atoms with E-state index in [1.165, 1.54) is 0 Å². The molecule has 1 aromatic carbocycles. The van der Waals surface area contributed by atoms with E-state index in [4.69, 9.17) is 4.74 Å². The maximum atomic E-state index is 12.5. The van der Waals surface area contributed by atoms with Gasteiger partial charge in [0.15, 0.2) is 5.78 Å². The van der Waals surface area contributed by atoms with Gasteiger partial charge in [0.25, 0.3) is 0 Å². The van der Waals surface area contributed by atoms with Crippen LogP contribution in [0.15, 0.2) is 48.7 Å². The summed E-state index contributed by atoms with van der Waals surface area (Å²) < 4.78 is 5.16. The first-order valence-corrected chi connectivity index (χ1v) is 8.62. The minimum absolute atomic E-state index is 0.0254. The predicted octanol–water partition coefficient (Wildman–Crippen LogP) is 4.31. The number of anilines is 2. The van der Waals surface area contributed by atoms with Crippen molar-refractivity contribution >= 4 is 23.4 Å². The number of amides is 1. The van der Waals surface area contributed by atoms with E-state index < -0.39 is 11.7 Å². The number of alkyl carbamates (subject to hydrolysis) is 1. The van der Waals surface area contributed by atoms with Crippen LogP contribution in [-0.2, 0) is 4.74 Å². The fourth-order valence-electron chi connectivity index (χ4n) is 2.28. The Morgan fingerprint density at radius 3 is 2.50 bits per heavy atom. The van der Waals surface area contributed by atoms with Gasteiger partial charge in [0.1, 0.15) is 11.4 Å². The number of rotatable bonds is 7. The second kappa shape index (κ2) is 8.99. The Kier molecular flexibility index (Phi) is 6.72. The number of Topliss-reactive ketones (excluding diaryl/α,β-unsaturated/α-hetero) is 1. The molecule has 0 spiro atoms. The van der Waals surface area contributed by atoms with Crippen LogP contribution in [0.3, 0.4) is 0 Å². The molecule has 2 aromatic rings. The van der Waals surface area contributed by atoms with Crippen LogP contribution in [0.1, 0.15) is 44.0 Å². The van der Waals surface area contributed by atoms with Crippen LogP contribution < -0.4 is 10.6 Å². The highest BCUT2D eigenvalue weighted by Crippen LogP contribution is 2.19. The largest absolute Gasteiger partial charge is 0.444 e. The van der Waals surface area contributed by atoms with Crippen LogP contribution in [0.5, 0.6) is 0 Å². The Morgan fingerprint density at radius 2 is 1.81 bits per heavy atom. The van der Waals surface area contributed by atoms with Crippen molar-refractivity contribution in [3.63, 3.8) is 0 Å². The molecule has 0 aliphatic rings. The van der Waals surface area contributed by atoms with Crippen molar-refractivity contribution in [2.24, 2.45) is 0 Å². The summed E-state index contributed by atoms with van der Waals surface area (Å²) in [6.07, 6.45) is 2.01. The number of ether oxygens (including phenoxy) is 1. The molecule has 0 saturated carbocycles. The molecule has 0 atom stereocenters. The van der Waals surface area contributed by atoms with Crippen LogP contribution >= 0.6 is 0 Å². The number of ketones is 1. The van der Waals surface area contributed by atoms with E-state index in [-0.39, 0.29) is 5.78 Å². The Hall–Kier alpha value is -2.89. The van der Waals surface area contributed by atoms with Crippen molar-refractivity contribution in [2.45, 2.75) is 39.2 Å². The van der Waals surface area contributed by atoms with E-state index in [9.17, 15) is 9.59 Å². The molecule has 2 rings (SSSR count). The molecule has 138 valence electrons. The number of aromatic nitrogens is 1. The quantitative estimate of drug-likeness (QED) is 0.571. The summed E-state index contributed by atoms with van der Waals surface area (Å²) in [5.41, 5.74) is 0.869. The first-order valence-electron chi connectivity index (χ1n) is 8.62. The average molecular weight is 355 g/mol. The van der Waals surface area contributed by atoms with E-state index in [1.54, 1.807) is 39.1 Å². The average Bonchev–Trinajstić information content (AvgIpc) is 2.58. The van der Waals surface area contributed by atoms with Gasteiger partial charge in [-0.15, -0.1) is 0 Å². The van der Waals surface area contributed by atoms with Gasteiger partial charge in [-0.1, -0.05) is 18.2 Å². The van der Waals surface area contributed by atoms with Crippen LogP contribution in [0, 0.1) is 0 Å². The summed E-state index contributed by atoms with van der Waals surface area (Å²) in [6.45, 7) is 5.79. The summed E-state index contributed by atoms with van der Waals surface area (Å²) in [5.74, 6) is 0.506. The SMILES string of the molecule is CC(C)(C)OC(=O)NCCCC(=O)c1cccnc1Nc1ccccc1. The lowest BCUT2D eigenvalue weighted by atomic mass is 10.1. The number of pyridine rings is 1. The van der Waals surface area contributed by atoms with Gasteiger partial charge < -0.3 is 15.4 Å². The number of carbonyl (C=O) groups is 2. The smallest absolute Gasteiger partial charge is 0.407 e. The van der Waals surface area contributed by atoms with E-state index in [0.717, 1.165) is 5.69 Å². The molecule has 6 nitrogen and oxygen atoms in total. The summed E-state index contributed by atoms with van der Waals surface area (Å²) in [6, 6.07) is 13.1. The van der Waals surface area contributed by atoms with Crippen molar-refractivity contribution in [2.75, 3.05) is 11.9 Å². The number of hydrogen-bond donors (Lipinski definition) is 2. The number of nitrogens with zero attached hydrogens (tertiary/aromatic N) is 1. The molecule has 0 radical (unpaired) electrons. The molecular formula is C20H25N3O3. The number of hydrogen-bond acceptors (Lipinski definition) is 5. The molecule has 6 heteroatoms. The lowest BCUT2D eigenvalue weighted by molar-refractivity contribution is 0.0525. The lowest BCUT2D eigenvalue weighted by Gasteiger charge is -2.19. The number of carbonyl (C=O) groups excluding carboxylic acids is 2. The predicted molar refractivity (Wildman–Crippen MR) is 102 cm³/mol. The van der Waals surface area contributed by atoms with Crippen LogP contribution in [-0.4, -0.2) is 29.0 Å². The van der Waals surface area contributed by atoms with Gasteiger partial charge >= 0.3 is 6.09 Å². The highest BCUT2D eigenvalue weighted by molar-refractivity contribution is 6.00. The van der Waals surface area contributed by atoms with E-state index >= 15 is 0 Å². The van der Waals surface area contributed by atoms with Crippen molar-refractivity contribution in [1.29, 1.82) is 0 Å². The van der Waals surface area contributed by atoms with Crippen LogP contribution in [0.2, 0.25) is 0 Å². The van der Waals surface area contributed by atoms with Gasteiger partial charge in [0, 0.05) is 24.8 Å². The van der Waals surface area contributed by atoms with Crippen molar-refractivity contribution < 1.29 is 14.3 Å². The fourth-order valence-corrected chi connectivity index (χ4v) is 2.28. The van der Waals surface area contributed by atoms with Gasteiger partial charge in [0.2, 0.25) is 0 Å². The molecule has 0 aliphatic heterocycles. The number of benzene rings is 1. The third-order valence-electron chi connectivity index (χ3n) is 3.39. The minimum atomic E-state index is -0.534. The Bertz CT molecular complexity index is 739. The standard InChI is InChI=1S/C20H25N3O3/c1-20(2,3)26-19(25)22-14-8-12-17(24)16-11-7-13-21-18(16)23-15-9-5-4-6-10-15/h4-7,9-11,13H,8,12,14H2,1-3H3,(H,21,23)(H,22,25). The third kappa shape index (κ3) is 6.55. The van der Waals surface area contributed by atoms with Gasteiger partial charge in [-0.25, -0.2) is 9.78 Å². The van der Waals surface area contributed by atoms with E-state index in [2.05, 4.69) is 15.6 Å². The second-order valence-electron chi connectivity index (χ2n) is 6.85. The van der Waals surface area contributed by atoms with Gasteiger partial charge in [-0.05, 0) is 51.5 Å². The first-order chi connectivity index (χ1) is 12.3. The van der Waals surface area contributed by atoms with Crippen molar-refractivity contribution in [3.8, 4) is 0 Å². The van der Waals surface area contributed by atoms with Crippen molar-refractivity contribution in [1.82, 2.24) is 10.3 Å². The third-order valence-corrected chi connectivity index (χ3v) is 3.39. The summed E-state index contributed by atoms with van der Waals surface area (Å²) >= 11 is 0. The van der Waals surface area contributed by atoms with Gasteiger partial charge in [-0.3, -0.25) is 4.79 Å². The summed E-state index contributed by atoms with van der Waals surface area (Å²) in [4.78, 5) is 28.4. The van der Waals surface area contributed by atoms with Crippen LogP contribution in [0.4, 0.5) is 16.3 Å². The first kappa shape index (κ1) is 19.4. The molecule has 1 heterocycles. The monoisotopic (exact) mass is 355 g/mol. The van der Waals surface area contributed by atoms with Gasteiger partial charge in [-0.2, -0.15) is 0 Å². The maximum Gasteiger partial charge on any atom is 0.407 e. The lowest BCUT2D eigenvalue weighted by Crippen LogP contribution is -2.33. The zero-order chi connectivity index (χ0) is 19.0. The summed E-state index contributed by atoms with van der Waals surface area (Å²) in [5, 5.41) is 5.82. The normalized spacial score (nSPS) is 10.9. The zero-order valence-electron chi connectivity index (χ0n) is 15.4. The van der Waals surface area contributed by atoms with Crippen LogP contribution in [0.25, 0.3) is 0 Å². The topological polar surface area (TPSA) is 80.3 Å².